The second-order valence-corrected chi connectivity index (χ2v) is 6.14. The first-order valence-electron chi connectivity index (χ1n) is 6.47. The predicted octanol–water partition coefficient (Wildman–Crippen LogP) is 1.41. The topological polar surface area (TPSA) is 78.5 Å². The number of carbonyl (C=O) groups is 3. The maximum Gasteiger partial charge on any atom is 0.325 e. The minimum atomic E-state index is -0.834. The monoisotopic (exact) mass is 293 g/mol. The number of hydrogen-bond donors (Lipinski definition) is 2. The van der Waals surface area contributed by atoms with E-state index in [1.165, 1.54) is 11.3 Å². The fourth-order valence-corrected chi connectivity index (χ4v) is 3.06. The lowest BCUT2D eigenvalue weighted by molar-refractivity contribution is -0.134. The first-order chi connectivity index (χ1) is 9.50. The Morgan fingerprint density at radius 3 is 2.90 bits per heavy atom. The molecule has 4 amide bonds. The maximum atomic E-state index is 12.3. The van der Waals surface area contributed by atoms with Crippen molar-refractivity contribution in [2.45, 2.75) is 25.3 Å². The van der Waals surface area contributed by atoms with Crippen LogP contribution in [0.2, 0.25) is 0 Å². The molecule has 1 aromatic heterocycles. The molecule has 1 aliphatic carbocycles. The van der Waals surface area contributed by atoms with Gasteiger partial charge in [-0.1, -0.05) is 0 Å². The van der Waals surface area contributed by atoms with E-state index < -0.39 is 11.6 Å². The van der Waals surface area contributed by atoms with Gasteiger partial charge in [-0.25, -0.2) is 4.79 Å². The lowest BCUT2D eigenvalue weighted by Crippen LogP contribution is -2.46. The number of nitrogens with zero attached hydrogens (tertiary/aromatic N) is 1. The molecule has 0 aromatic carbocycles. The summed E-state index contributed by atoms with van der Waals surface area (Å²) in [5, 5.41) is 9.01. The van der Waals surface area contributed by atoms with Crippen LogP contribution in [-0.2, 0) is 9.59 Å². The first kappa shape index (κ1) is 13.1. The summed E-state index contributed by atoms with van der Waals surface area (Å²) in [7, 11) is 0. The van der Waals surface area contributed by atoms with Gasteiger partial charge in [0.2, 0.25) is 5.91 Å². The van der Waals surface area contributed by atoms with Crippen LogP contribution in [0, 0.1) is 5.92 Å². The fraction of sp³-hybridized carbons (Fsp3) is 0.462. The number of rotatable bonds is 4. The molecule has 1 atom stereocenters. The van der Waals surface area contributed by atoms with Gasteiger partial charge in [0.05, 0.1) is 5.69 Å². The molecular formula is C13H15N3O3S. The second kappa shape index (κ2) is 4.59. The van der Waals surface area contributed by atoms with E-state index in [0.717, 1.165) is 17.7 Å². The normalized spacial score (nSPS) is 25.8. The Hall–Kier alpha value is -1.89. The molecule has 106 valence electrons. The van der Waals surface area contributed by atoms with Crippen LogP contribution >= 0.6 is 11.3 Å². The molecule has 2 fully saturated rings. The summed E-state index contributed by atoms with van der Waals surface area (Å²) in [6.07, 6.45) is 1.88. The zero-order valence-corrected chi connectivity index (χ0v) is 11.8. The Labute approximate surface area is 120 Å². The van der Waals surface area contributed by atoms with Crippen LogP contribution in [0.1, 0.15) is 19.8 Å². The van der Waals surface area contributed by atoms with Crippen molar-refractivity contribution in [2.75, 3.05) is 11.9 Å². The van der Waals surface area contributed by atoms with Gasteiger partial charge in [0.1, 0.15) is 12.1 Å². The van der Waals surface area contributed by atoms with E-state index in [2.05, 4.69) is 10.6 Å². The van der Waals surface area contributed by atoms with E-state index in [-0.39, 0.29) is 24.3 Å². The van der Waals surface area contributed by atoms with Crippen LogP contribution < -0.4 is 10.6 Å². The van der Waals surface area contributed by atoms with Crippen molar-refractivity contribution in [3.8, 4) is 0 Å². The molecule has 1 aromatic rings. The number of imide groups is 1. The van der Waals surface area contributed by atoms with Crippen LogP contribution in [0.15, 0.2) is 16.8 Å². The van der Waals surface area contributed by atoms with Crippen LogP contribution in [0.5, 0.6) is 0 Å². The lowest BCUT2D eigenvalue weighted by atomic mass is 9.96. The Bertz CT molecular complexity index is 567. The quantitative estimate of drug-likeness (QED) is 0.824. The van der Waals surface area contributed by atoms with Gasteiger partial charge >= 0.3 is 6.03 Å². The van der Waals surface area contributed by atoms with Crippen molar-refractivity contribution >= 4 is 34.9 Å². The predicted molar refractivity (Wildman–Crippen MR) is 74.3 cm³/mol. The number of nitrogens with one attached hydrogen (secondary N) is 2. The number of urea groups is 1. The average Bonchev–Trinajstić information content (AvgIpc) is 3.10. The van der Waals surface area contributed by atoms with Crippen LogP contribution in [0.25, 0.3) is 0 Å². The van der Waals surface area contributed by atoms with Gasteiger partial charge in [0, 0.05) is 5.38 Å². The van der Waals surface area contributed by atoms with E-state index >= 15 is 0 Å². The van der Waals surface area contributed by atoms with Gasteiger partial charge in [-0.15, -0.1) is 0 Å². The molecule has 1 aliphatic heterocycles. The summed E-state index contributed by atoms with van der Waals surface area (Å²) in [6, 6.07) is 1.29. The SMILES string of the molecule is C[C@@]1(C2CC2)NC(=O)N(CC(=O)Nc2ccsc2)C1=O. The largest absolute Gasteiger partial charge is 0.325 e. The Morgan fingerprint density at radius 2 is 2.30 bits per heavy atom. The Balaban J connectivity index is 1.66. The molecule has 20 heavy (non-hydrogen) atoms. The van der Waals surface area contributed by atoms with Crippen LogP contribution in [-0.4, -0.2) is 34.8 Å². The summed E-state index contributed by atoms with van der Waals surface area (Å²) in [4.78, 5) is 37.1. The summed E-state index contributed by atoms with van der Waals surface area (Å²) >= 11 is 1.46. The van der Waals surface area contributed by atoms with E-state index in [9.17, 15) is 14.4 Å². The van der Waals surface area contributed by atoms with E-state index in [4.69, 9.17) is 0 Å². The van der Waals surface area contributed by atoms with Gasteiger partial charge in [0.15, 0.2) is 0 Å². The molecule has 0 bridgehead atoms. The van der Waals surface area contributed by atoms with Gasteiger partial charge in [0.25, 0.3) is 5.91 Å². The molecule has 7 heteroatoms. The van der Waals surface area contributed by atoms with Crippen LogP contribution in [0.3, 0.4) is 0 Å². The van der Waals surface area contributed by atoms with Crippen molar-refractivity contribution in [3.05, 3.63) is 16.8 Å². The second-order valence-electron chi connectivity index (χ2n) is 5.36. The number of thiophene rings is 1. The molecule has 2 heterocycles. The minimum absolute atomic E-state index is 0.198. The Kier molecular flexibility index (Phi) is 3.01. The third-order valence-electron chi connectivity index (χ3n) is 3.80. The molecule has 1 saturated heterocycles. The molecule has 2 N–H and O–H groups in total. The third-order valence-corrected chi connectivity index (χ3v) is 4.48. The van der Waals surface area contributed by atoms with Crippen molar-refractivity contribution in [1.82, 2.24) is 10.2 Å². The number of carbonyl (C=O) groups excluding carboxylic acids is 3. The highest BCUT2D eigenvalue weighted by molar-refractivity contribution is 7.08. The summed E-state index contributed by atoms with van der Waals surface area (Å²) in [5.74, 6) is -0.471. The van der Waals surface area contributed by atoms with Gasteiger partial charge in [-0.05, 0) is 37.1 Å². The smallest absolute Gasteiger partial charge is 0.324 e. The third kappa shape index (κ3) is 2.18. The summed E-state index contributed by atoms with van der Waals surface area (Å²) in [5.41, 5.74) is -0.156. The molecular weight excluding hydrogens is 278 g/mol. The van der Waals surface area contributed by atoms with Gasteiger partial charge in [-0.3, -0.25) is 14.5 Å². The molecule has 2 aliphatic rings. The highest BCUT2D eigenvalue weighted by Crippen LogP contribution is 2.42. The average molecular weight is 293 g/mol. The Morgan fingerprint density at radius 1 is 1.55 bits per heavy atom. The fourth-order valence-electron chi connectivity index (χ4n) is 2.48. The molecule has 1 saturated carbocycles. The molecule has 3 rings (SSSR count). The number of hydrogen-bond acceptors (Lipinski definition) is 4. The van der Waals surface area contributed by atoms with Crippen molar-refractivity contribution in [3.63, 3.8) is 0 Å². The first-order valence-corrected chi connectivity index (χ1v) is 7.41. The highest BCUT2D eigenvalue weighted by atomic mass is 32.1. The van der Waals surface area contributed by atoms with Crippen molar-refractivity contribution < 1.29 is 14.4 Å². The molecule has 0 unspecified atom stereocenters. The van der Waals surface area contributed by atoms with Crippen LogP contribution in [0.4, 0.5) is 10.5 Å². The van der Waals surface area contributed by atoms with E-state index in [1.54, 1.807) is 18.4 Å². The summed E-state index contributed by atoms with van der Waals surface area (Å²) < 4.78 is 0. The maximum absolute atomic E-state index is 12.3. The van der Waals surface area contributed by atoms with E-state index in [0.29, 0.717) is 5.69 Å². The van der Waals surface area contributed by atoms with Gasteiger partial charge in [-0.2, -0.15) is 11.3 Å². The zero-order chi connectivity index (χ0) is 14.3. The molecule has 0 spiro atoms. The van der Waals surface area contributed by atoms with Crippen molar-refractivity contribution in [2.24, 2.45) is 5.92 Å². The van der Waals surface area contributed by atoms with Gasteiger partial charge < -0.3 is 10.6 Å². The number of anilines is 1. The van der Waals surface area contributed by atoms with Crippen molar-refractivity contribution in [1.29, 1.82) is 0 Å². The molecule has 6 nitrogen and oxygen atoms in total. The lowest BCUT2D eigenvalue weighted by Gasteiger charge is -2.20. The standard InChI is InChI=1S/C13H15N3O3S/c1-13(8-2-3-8)11(18)16(12(19)15-13)6-10(17)14-9-4-5-20-7-9/h4-5,7-8H,2-3,6H2,1H3,(H,14,17)(H,15,19)/t13-/m0/s1. The summed E-state index contributed by atoms with van der Waals surface area (Å²) in [6.45, 7) is 1.49. The highest BCUT2D eigenvalue weighted by Gasteiger charge is 2.56. The van der Waals surface area contributed by atoms with E-state index in [1.807, 2.05) is 5.38 Å². The number of amides is 4. The molecule has 0 radical (unpaired) electrons. The zero-order valence-electron chi connectivity index (χ0n) is 11.0. The minimum Gasteiger partial charge on any atom is -0.324 e.